The van der Waals surface area contributed by atoms with Crippen molar-refractivity contribution >= 4 is 16.8 Å². The van der Waals surface area contributed by atoms with Gasteiger partial charge in [-0.05, 0) is 63.3 Å². The molecule has 1 saturated carbocycles. The van der Waals surface area contributed by atoms with Crippen molar-refractivity contribution in [2.75, 3.05) is 0 Å². The zero-order chi connectivity index (χ0) is 24.2. The SMILES string of the molecule is Cc1cccc(-c2nnc(C3CCC(NC(=O)CCCc4nc5ccccc5c(=O)[nH]4)CC3)o2)c1. The number of carbonyl (C=O) groups is 1. The first-order valence-electron chi connectivity index (χ1n) is 12.2. The molecule has 2 N–H and O–H groups in total. The standard InChI is InChI=1S/C27H29N5O3/c1-17-6-4-7-19(16-17)27-32-31-26(35-27)18-12-14-20(15-13-18)28-24(33)11-5-10-23-29-22-9-3-2-8-21(22)25(34)30-23/h2-4,6-9,16,18,20H,5,10-15H2,1H3,(H,28,33)(H,29,30,34). The van der Waals surface area contributed by atoms with Crippen LogP contribution in [-0.2, 0) is 11.2 Å². The smallest absolute Gasteiger partial charge is 0.258 e. The molecule has 0 saturated heterocycles. The van der Waals surface area contributed by atoms with Crippen LogP contribution in [0, 0.1) is 6.92 Å². The number of fused-ring (bicyclic) bond motifs is 1. The molecule has 8 nitrogen and oxygen atoms in total. The second-order valence-electron chi connectivity index (χ2n) is 9.31. The summed E-state index contributed by atoms with van der Waals surface area (Å²) in [5.74, 6) is 2.12. The van der Waals surface area contributed by atoms with Crippen LogP contribution in [-0.4, -0.2) is 32.1 Å². The van der Waals surface area contributed by atoms with E-state index >= 15 is 0 Å². The van der Waals surface area contributed by atoms with E-state index in [4.69, 9.17) is 4.42 Å². The number of nitrogens with one attached hydrogen (secondary N) is 2. The minimum atomic E-state index is -0.140. The average molecular weight is 472 g/mol. The molecule has 2 aromatic carbocycles. The van der Waals surface area contributed by atoms with Gasteiger partial charge in [0.25, 0.3) is 5.56 Å². The molecular formula is C27H29N5O3. The van der Waals surface area contributed by atoms with Crippen LogP contribution in [0.4, 0.5) is 0 Å². The van der Waals surface area contributed by atoms with Crippen LogP contribution in [0.5, 0.6) is 0 Å². The number of amides is 1. The topological polar surface area (TPSA) is 114 Å². The Morgan fingerprint density at radius 3 is 2.74 bits per heavy atom. The second-order valence-corrected chi connectivity index (χ2v) is 9.31. The lowest BCUT2D eigenvalue weighted by molar-refractivity contribution is -0.122. The Labute approximate surface area is 203 Å². The predicted octanol–water partition coefficient (Wildman–Crippen LogP) is 4.45. The number of aromatic nitrogens is 4. The maximum Gasteiger partial charge on any atom is 0.258 e. The van der Waals surface area contributed by atoms with Crippen LogP contribution < -0.4 is 10.9 Å². The molecule has 1 aliphatic rings. The van der Waals surface area contributed by atoms with E-state index in [1.54, 1.807) is 6.07 Å². The summed E-state index contributed by atoms with van der Waals surface area (Å²) in [5.41, 5.74) is 2.63. The van der Waals surface area contributed by atoms with Gasteiger partial charge in [0, 0.05) is 30.4 Å². The lowest BCUT2D eigenvalue weighted by atomic mass is 9.86. The molecule has 1 fully saturated rings. The third kappa shape index (κ3) is 5.48. The minimum Gasteiger partial charge on any atom is -0.420 e. The molecule has 1 aliphatic carbocycles. The molecule has 0 bridgehead atoms. The number of benzene rings is 2. The van der Waals surface area contributed by atoms with Crippen LogP contribution in [0.2, 0.25) is 0 Å². The van der Waals surface area contributed by atoms with Crippen molar-refractivity contribution in [1.29, 1.82) is 0 Å². The van der Waals surface area contributed by atoms with Gasteiger partial charge < -0.3 is 14.7 Å². The second kappa shape index (κ2) is 10.2. The number of hydrogen-bond acceptors (Lipinski definition) is 6. The monoisotopic (exact) mass is 471 g/mol. The lowest BCUT2D eigenvalue weighted by Crippen LogP contribution is -2.37. The largest absolute Gasteiger partial charge is 0.420 e. The van der Waals surface area contributed by atoms with E-state index in [0.717, 1.165) is 36.8 Å². The lowest BCUT2D eigenvalue weighted by Gasteiger charge is -2.27. The van der Waals surface area contributed by atoms with Gasteiger partial charge in [0.1, 0.15) is 5.82 Å². The third-order valence-electron chi connectivity index (χ3n) is 6.63. The Balaban J connectivity index is 1.08. The van der Waals surface area contributed by atoms with Crippen LogP contribution in [0.25, 0.3) is 22.4 Å². The van der Waals surface area contributed by atoms with Crippen molar-refractivity contribution in [3.8, 4) is 11.5 Å². The summed E-state index contributed by atoms with van der Waals surface area (Å²) in [7, 11) is 0. The fraction of sp³-hybridized carbons (Fsp3) is 0.370. The molecule has 180 valence electrons. The summed E-state index contributed by atoms with van der Waals surface area (Å²) in [6.07, 6.45) is 5.17. The van der Waals surface area contributed by atoms with Gasteiger partial charge in [-0.3, -0.25) is 9.59 Å². The number of hydrogen-bond donors (Lipinski definition) is 2. The van der Waals surface area contributed by atoms with Gasteiger partial charge in [-0.25, -0.2) is 4.98 Å². The fourth-order valence-corrected chi connectivity index (χ4v) is 4.75. The van der Waals surface area contributed by atoms with Crippen LogP contribution in [0.3, 0.4) is 0 Å². The van der Waals surface area contributed by atoms with Gasteiger partial charge in [-0.2, -0.15) is 0 Å². The first kappa shape index (κ1) is 23.0. The molecule has 2 aromatic heterocycles. The molecule has 8 heteroatoms. The number of aromatic amines is 1. The van der Waals surface area contributed by atoms with Crippen molar-refractivity contribution in [2.24, 2.45) is 0 Å². The molecule has 0 atom stereocenters. The number of aryl methyl sites for hydroxylation is 2. The molecule has 0 spiro atoms. The van der Waals surface area contributed by atoms with Crippen LogP contribution in [0.15, 0.2) is 57.7 Å². The van der Waals surface area contributed by atoms with Crippen LogP contribution >= 0.6 is 0 Å². The summed E-state index contributed by atoms with van der Waals surface area (Å²) >= 11 is 0. The molecule has 35 heavy (non-hydrogen) atoms. The maximum atomic E-state index is 12.5. The molecule has 0 aliphatic heterocycles. The molecule has 2 heterocycles. The zero-order valence-electron chi connectivity index (χ0n) is 19.8. The Hall–Kier alpha value is -3.81. The van der Waals surface area contributed by atoms with E-state index in [9.17, 15) is 9.59 Å². The first-order chi connectivity index (χ1) is 17.0. The number of carbonyl (C=O) groups excluding carboxylic acids is 1. The van der Waals surface area contributed by atoms with E-state index in [-0.39, 0.29) is 23.4 Å². The highest BCUT2D eigenvalue weighted by Crippen LogP contribution is 2.33. The van der Waals surface area contributed by atoms with Gasteiger partial charge in [0.15, 0.2) is 0 Å². The van der Waals surface area contributed by atoms with E-state index in [2.05, 4.69) is 25.5 Å². The number of para-hydroxylation sites is 1. The molecule has 5 rings (SSSR count). The third-order valence-corrected chi connectivity index (χ3v) is 6.63. The Kier molecular flexibility index (Phi) is 6.70. The van der Waals surface area contributed by atoms with Crippen molar-refractivity contribution < 1.29 is 9.21 Å². The first-order valence-corrected chi connectivity index (χ1v) is 12.2. The highest BCUT2D eigenvalue weighted by atomic mass is 16.4. The van der Waals surface area contributed by atoms with Crippen molar-refractivity contribution in [2.45, 2.75) is 63.8 Å². The van der Waals surface area contributed by atoms with Crippen molar-refractivity contribution in [1.82, 2.24) is 25.5 Å². The number of rotatable bonds is 7. The summed E-state index contributed by atoms with van der Waals surface area (Å²) < 4.78 is 5.97. The minimum absolute atomic E-state index is 0.0381. The predicted molar refractivity (Wildman–Crippen MR) is 133 cm³/mol. The maximum absolute atomic E-state index is 12.5. The highest BCUT2D eigenvalue weighted by Gasteiger charge is 2.27. The highest BCUT2D eigenvalue weighted by molar-refractivity contribution is 5.77. The van der Waals surface area contributed by atoms with Gasteiger partial charge in [-0.15, -0.1) is 10.2 Å². The fourth-order valence-electron chi connectivity index (χ4n) is 4.75. The van der Waals surface area contributed by atoms with Crippen LogP contribution in [0.1, 0.15) is 61.7 Å². The summed E-state index contributed by atoms with van der Waals surface area (Å²) in [6, 6.07) is 15.5. The number of nitrogens with zero attached hydrogens (tertiary/aromatic N) is 3. The average Bonchev–Trinajstić information content (AvgIpc) is 3.35. The van der Waals surface area contributed by atoms with Gasteiger partial charge >= 0.3 is 0 Å². The van der Waals surface area contributed by atoms with Crippen molar-refractivity contribution in [3.63, 3.8) is 0 Å². The van der Waals surface area contributed by atoms with E-state index in [1.807, 2.05) is 49.4 Å². The molecule has 1 amide bonds. The van der Waals surface area contributed by atoms with Gasteiger partial charge in [0.2, 0.25) is 17.7 Å². The number of H-pyrrole nitrogens is 1. The van der Waals surface area contributed by atoms with E-state index in [0.29, 0.717) is 47.8 Å². The Bertz CT molecular complexity index is 1380. The summed E-state index contributed by atoms with van der Waals surface area (Å²) in [4.78, 5) is 32.0. The van der Waals surface area contributed by atoms with E-state index < -0.39 is 0 Å². The zero-order valence-corrected chi connectivity index (χ0v) is 19.8. The normalized spacial score (nSPS) is 18.0. The molecule has 0 unspecified atom stereocenters. The van der Waals surface area contributed by atoms with Crippen molar-refractivity contribution in [3.05, 3.63) is 76.2 Å². The quantitative estimate of drug-likeness (QED) is 0.412. The molecular weight excluding hydrogens is 442 g/mol. The molecule has 4 aromatic rings. The Morgan fingerprint density at radius 2 is 1.91 bits per heavy atom. The van der Waals surface area contributed by atoms with E-state index in [1.165, 1.54) is 0 Å². The van der Waals surface area contributed by atoms with Gasteiger partial charge in [0.05, 0.1) is 10.9 Å². The summed E-state index contributed by atoms with van der Waals surface area (Å²) in [6.45, 7) is 2.04. The Morgan fingerprint density at radius 1 is 1.09 bits per heavy atom. The molecule has 0 radical (unpaired) electrons. The summed E-state index contributed by atoms with van der Waals surface area (Å²) in [5, 5.41) is 12.3. The van der Waals surface area contributed by atoms with Gasteiger partial charge in [-0.1, -0.05) is 29.8 Å².